The van der Waals surface area contributed by atoms with E-state index in [0.717, 1.165) is 37.1 Å². The quantitative estimate of drug-likeness (QED) is 0.875. The third-order valence-electron chi connectivity index (χ3n) is 4.37. The Morgan fingerprint density at radius 3 is 2.58 bits per heavy atom. The zero-order valence-electron chi connectivity index (χ0n) is 13.0. The lowest BCUT2D eigenvalue weighted by molar-refractivity contribution is 0.0696. The van der Waals surface area contributed by atoms with Gasteiger partial charge >= 0.3 is 5.97 Å². The van der Waals surface area contributed by atoms with Gasteiger partial charge in [-0.05, 0) is 31.7 Å². The summed E-state index contributed by atoms with van der Waals surface area (Å²) in [5, 5.41) is 13.1. The van der Waals surface area contributed by atoms with Gasteiger partial charge in [-0.15, -0.1) is 0 Å². The van der Waals surface area contributed by atoms with Crippen LogP contribution in [0.25, 0.3) is 0 Å². The van der Waals surface area contributed by atoms with E-state index in [9.17, 15) is 9.59 Å². The number of hydrogen-bond acceptors (Lipinski definition) is 5. The third-order valence-corrected chi connectivity index (χ3v) is 4.37. The highest BCUT2D eigenvalue weighted by atomic mass is 16.5. The van der Waals surface area contributed by atoms with E-state index in [1.807, 2.05) is 6.07 Å². The molecule has 24 heavy (non-hydrogen) atoms. The predicted octanol–water partition coefficient (Wildman–Crippen LogP) is 2.45. The summed E-state index contributed by atoms with van der Waals surface area (Å²) in [4.78, 5) is 29.5. The molecule has 7 nitrogen and oxygen atoms in total. The van der Waals surface area contributed by atoms with Gasteiger partial charge in [-0.1, -0.05) is 5.16 Å². The van der Waals surface area contributed by atoms with Crippen molar-refractivity contribution < 1.29 is 19.2 Å². The van der Waals surface area contributed by atoms with Crippen molar-refractivity contribution >= 4 is 11.9 Å². The minimum atomic E-state index is -1.10. The number of aromatic carboxylic acids is 1. The number of carbonyl (C=O) groups excluding carboxylic acids is 1. The van der Waals surface area contributed by atoms with Crippen molar-refractivity contribution in [2.24, 2.45) is 0 Å². The highest BCUT2D eigenvalue weighted by Crippen LogP contribution is 2.40. The molecule has 0 saturated heterocycles. The molecular formula is C17H17N3O4. The maximum atomic E-state index is 12.8. The smallest absolute Gasteiger partial charge is 0.337 e. The van der Waals surface area contributed by atoms with Crippen LogP contribution in [0.15, 0.2) is 29.0 Å². The highest BCUT2D eigenvalue weighted by molar-refractivity contribution is 5.97. The molecule has 1 N–H and O–H groups in total. The van der Waals surface area contributed by atoms with Crippen LogP contribution in [0.1, 0.15) is 63.8 Å². The highest BCUT2D eigenvalue weighted by Gasteiger charge is 2.35. The average molecular weight is 327 g/mol. The minimum absolute atomic E-state index is 0.00838. The van der Waals surface area contributed by atoms with Gasteiger partial charge in [-0.25, -0.2) is 4.79 Å². The van der Waals surface area contributed by atoms with Crippen molar-refractivity contribution in [3.63, 3.8) is 0 Å². The molecule has 2 saturated carbocycles. The zero-order chi connectivity index (χ0) is 16.7. The number of carbonyl (C=O) groups is 2. The summed E-state index contributed by atoms with van der Waals surface area (Å²) in [6, 6.07) is 3.46. The van der Waals surface area contributed by atoms with Gasteiger partial charge in [0.15, 0.2) is 0 Å². The fraction of sp³-hybridized carbons (Fsp3) is 0.412. The first-order valence-electron chi connectivity index (χ1n) is 8.06. The lowest BCUT2D eigenvalue weighted by Gasteiger charge is -2.21. The SMILES string of the molecule is O=C(O)c1cncc(C(=O)N(Cc2cc(C3CC3)on2)C2CC2)c1. The van der Waals surface area contributed by atoms with Gasteiger partial charge in [0, 0.05) is 30.4 Å². The van der Waals surface area contributed by atoms with Crippen LogP contribution in [0, 0.1) is 0 Å². The van der Waals surface area contributed by atoms with Gasteiger partial charge in [-0.2, -0.15) is 0 Å². The number of carboxylic acids is 1. The fourth-order valence-corrected chi connectivity index (χ4v) is 2.73. The van der Waals surface area contributed by atoms with Crippen LogP contribution in [0.2, 0.25) is 0 Å². The number of amides is 1. The van der Waals surface area contributed by atoms with Crippen LogP contribution < -0.4 is 0 Å². The Balaban J connectivity index is 1.54. The van der Waals surface area contributed by atoms with E-state index in [1.54, 1.807) is 4.90 Å². The van der Waals surface area contributed by atoms with Gasteiger partial charge < -0.3 is 14.5 Å². The molecule has 4 rings (SSSR count). The molecule has 0 bridgehead atoms. The number of rotatable bonds is 6. The molecule has 0 spiro atoms. The molecule has 2 heterocycles. The fourth-order valence-electron chi connectivity index (χ4n) is 2.73. The normalized spacial score (nSPS) is 16.8. The molecule has 124 valence electrons. The Hall–Kier alpha value is -2.70. The summed E-state index contributed by atoms with van der Waals surface area (Å²) in [6.45, 7) is 0.372. The van der Waals surface area contributed by atoms with Crippen molar-refractivity contribution in [3.8, 4) is 0 Å². The monoisotopic (exact) mass is 327 g/mol. The standard InChI is InChI=1S/C17H17N3O4/c21-16(11-5-12(17(22)23)8-18-7-11)20(14-3-4-14)9-13-6-15(24-19-13)10-1-2-10/h5-8,10,14H,1-4,9H2,(H,22,23). The lowest BCUT2D eigenvalue weighted by Crippen LogP contribution is -2.33. The Bertz CT molecular complexity index is 793. The van der Waals surface area contributed by atoms with Crippen LogP contribution in [-0.2, 0) is 6.54 Å². The molecule has 0 aliphatic heterocycles. The molecule has 0 aromatic carbocycles. The van der Waals surface area contributed by atoms with Crippen molar-refractivity contribution in [2.75, 3.05) is 0 Å². The topological polar surface area (TPSA) is 96.5 Å². The van der Waals surface area contributed by atoms with E-state index in [2.05, 4.69) is 10.1 Å². The maximum Gasteiger partial charge on any atom is 0.337 e. The second kappa shape index (κ2) is 5.74. The Labute approximate surface area is 138 Å². The average Bonchev–Trinajstić information content (AvgIpc) is 3.51. The second-order valence-corrected chi connectivity index (χ2v) is 6.43. The Morgan fingerprint density at radius 1 is 1.17 bits per heavy atom. The van der Waals surface area contributed by atoms with Gasteiger partial charge in [0.2, 0.25) is 0 Å². The molecule has 2 aromatic heterocycles. The van der Waals surface area contributed by atoms with E-state index >= 15 is 0 Å². The van der Waals surface area contributed by atoms with Crippen molar-refractivity contribution in [2.45, 2.75) is 44.2 Å². The van der Waals surface area contributed by atoms with Crippen molar-refractivity contribution in [1.29, 1.82) is 0 Å². The first-order valence-corrected chi connectivity index (χ1v) is 8.06. The molecule has 1 amide bonds. The summed E-state index contributed by atoms with van der Waals surface area (Å²) in [6.07, 6.45) is 6.81. The number of carboxylic acid groups (broad SMARTS) is 1. The zero-order valence-corrected chi connectivity index (χ0v) is 13.0. The number of nitrogens with zero attached hydrogens (tertiary/aromatic N) is 3. The van der Waals surface area contributed by atoms with E-state index in [4.69, 9.17) is 9.63 Å². The first kappa shape index (κ1) is 14.9. The molecular weight excluding hydrogens is 310 g/mol. The van der Waals surface area contributed by atoms with Crippen LogP contribution in [0.5, 0.6) is 0 Å². The predicted molar refractivity (Wildman–Crippen MR) is 82.6 cm³/mol. The molecule has 2 aliphatic rings. The molecule has 0 unspecified atom stereocenters. The summed E-state index contributed by atoms with van der Waals surface area (Å²) >= 11 is 0. The summed E-state index contributed by atoms with van der Waals surface area (Å²) in [5.41, 5.74) is 1.03. The summed E-state index contributed by atoms with van der Waals surface area (Å²) < 4.78 is 5.35. The summed E-state index contributed by atoms with van der Waals surface area (Å²) in [7, 11) is 0. The first-order chi connectivity index (χ1) is 11.6. The minimum Gasteiger partial charge on any atom is -0.478 e. The van der Waals surface area contributed by atoms with E-state index in [0.29, 0.717) is 12.5 Å². The molecule has 2 aliphatic carbocycles. The molecule has 7 heteroatoms. The summed E-state index contributed by atoms with van der Waals surface area (Å²) in [5.74, 6) is 0.0558. The number of hydrogen-bond donors (Lipinski definition) is 1. The van der Waals surface area contributed by atoms with Crippen molar-refractivity contribution in [1.82, 2.24) is 15.0 Å². The number of aromatic nitrogens is 2. The lowest BCUT2D eigenvalue weighted by atomic mass is 10.1. The molecule has 0 atom stereocenters. The van der Waals surface area contributed by atoms with Gasteiger partial charge in [-0.3, -0.25) is 9.78 Å². The Morgan fingerprint density at radius 2 is 1.92 bits per heavy atom. The molecule has 0 radical (unpaired) electrons. The third kappa shape index (κ3) is 3.02. The number of pyridine rings is 1. The largest absolute Gasteiger partial charge is 0.478 e. The Kier molecular flexibility index (Phi) is 3.55. The molecule has 2 aromatic rings. The van der Waals surface area contributed by atoms with Crippen LogP contribution in [-0.4, -0.2) is 38.1 Å². The van der Waals surface area contributed by atoms with E-state index in [1.165, 1.54) is 18.5 Å². The van der Waals surface area contributed by atoms with E-state index in [-0.39, 0.29) is 23.1 Å². The van der Waals surface area contributed by atoms with Gasteiger partial charge in [0.1, 0.15) is 11.5 Å². The second-order valence-electron chi connectivity index (χ2n) is 6.43. The van der Waals surface area contributed by atoms with Gasteiger partial charge in [0.05, 0.1) is 17.7 Å². The van der Waals surface area contributed by atoms with Crippen LogP contribution >= 0.6 is 0 Å². The van der Waals surface area contributed by atoms with Gasteiger partial charge in [0.25, 0.3) is 5.91 Å². The van der Waals surface area contributed by atoms with Crippen LogP contribution in [0.3, 0.4) is 0 Å². The van der Waals surface area contributed by atoms with Crippen LogP contribution in [0.4, 0.5) is 0 Å². The van der Waals surface area contributed by atoms with Crippen molar-refractivity contribution in [3.05, 3.63) is 47.1 Å². The molecule has 2 fully saturated rings. The maximum absolute atomic E-state index is 12.8. The van der Waals surface area contributed by atoms with E-state index < -0.39 is 5.97 Å².